The van der Waals surface area contributed by atoms with Crippen LogP contribution in [0.4, 0.5) is 0 Å². The lowest BCUT2D eigenvalue weighted by molar-refractivity contribution is -0.131. The third-order valence-electron chi connectivity index (χ3n) is 1.94. The number of hydrogen-bond donors (Lipinski definition) is 1. The summed E-state index contributed by atoms with van der Waals surface area (Å²) in [5.74, 6) is -0.0125. The molecule has 1 aliphatic heterocycles. The van der Waals surface area contributed by atoms with Gasteiger partial charge in [0.25, 0.3) is 0 Å². The quantitative estimate of drug-likeness (QED) is 0.622. The fourth-order valence-electron chi connectivity index (χ4n) is 1.49. The Hall–Kier alpha value is -0.830. The minimum atomic E-state index is -0.214. The molecule has 3 nitrogen and oxygen atoms in total. The Morgan fingerprint density at radius 1 is 1.58 bits per heavy atom. The smallest absolute Gasteiger partial charge is 0.247 e. The maximum absolute atomic E-state index is 11.3. The van der Waals surface area contributed by atoms with E-state index in [4.69, 9.17) is 5.11 Å². The van der Waals surface area contributed by atoms with Gasteiger partial charge < -0.3 is 10.0 Å². The van der Waals surface area contributed by atoms with Crippen LogP contribution >= 0.6 is 0 Å². The standard InChI is InChI=1S/C9H15NO2/c1-9(2,3)10-7(6-11)4-5-8(10)12/h4-5,7,11H,6H2,1-3H3. The number of nitrogens with zero attached hydrogens (tertiary/aromatic N) is 1. The SMILES string of the molecule is CC(C)(C)N1C(=O)C=CC1CO. The molecule has 68 valence electrons. The molecular weight excluding hydrogens is 154 g/mol. The second kappa shape index (κ2) is 2.90. The van der Waals surface area contributed by atoms with Gasteiger partial charge in [-0.25, -0.2) is 0 Å². The van der Waals surface area contributed by atoms with Crippen molar-refractivity contribution in [3.05, 3.63) is 12.2 Å². The minimum absolute atomic E-state index is 0.000486. The van der Waals surface area contributed by atoms with E-state index in [1.807, 2.05) is 20.8 Å². The summed E-state index contributed by atoms with van der Waals surface area (Å²) < 4.78 is 0. The number of aliphatic hydroxyl groups excluding tert-OH is 1. The molecule has 12 heavy (non-hydrogen) atoms. The molecule has 1 amide bonds. The van der Waals surface area contributed by atoms with Crippen molar-refractivity contribution in [3.8, 4) is 0 Å². The lowest BCUT2D eigenvalue weighted by Crippen LogP contribution is -2.48. The molecule has 0 saturated heterocycles. The van der Waals surface area contributed by atoms with Crippen LogP contribution in [0.2, 0.25) is 0 Å². The van der Waals surface area contributed by atoms with E-state index in [9.17, 15) is 4.79 Å². The molecule has 3 heteroatoms. The summed E-state index contributed by atoms with van der Waals surface area (Å²) in [5.41, 5.74) is -0.214. The summed E-state index contributed by atoms with van der Waals surface area (Å²) >= 11 is 0. The molecule has 0 radical (unpaired) electrons. The second-order valence-electron chi connectivity index (χ2n) is 3.99. The Morgan fingerprint density at radius 3 is 2.50 bits per heavy atom. The Labute approximate surface area is 72.7 Å². The van der Waals surface area contributed by atoms with Gasteiger partial charge >= 0.3 is 0 Å². The predicted molar refractivity (Wildman–Crippen MR) is 46.6 cm³/mol. The molecule has 0 aromatic carbocycles. The van der Waals surface area contributed by atoms with E-state index in [2.05, 4.69) is 0 Å². The summed E-state index contributed by atoms with van der Waals surface area (Å²) in [6.07, 6.45) is 3.26. The molecule has 0 fully saturated rings. The summed E-state index contributed by atoms with van der Waals surface area (Å²) in [5, 5.41) is 8.97. The van der Waals surface area contributed by atoms with Crippen LogP contribution in [0.3, 0.4) is 0 Å². The average molecular weight is 169 g/mol. The molecule has 0 aromatic rings. The molecule has 0 aromatic heterocycles. The minimum Gasteiger partial charge on any atom is -0.394 e. The van der Waals surface area contributed by atoms with Gasteiger partial charge in [0.15, 0.2) is 0 Å². The van der Waals surface area contributed by atoms with Gasteiger partial charge in [-0.3, -0.25) is 4.79 Å². The fourth-order valence-corrected chi connectivity index (χ4v) is 1.49. The van der Waals surface area contributed by atoms with E-state index < -0.39 is 0 Å². The highest BCUT2D eigenvalue weighted by Gasteiger charge is 2.33. The molecule has 0 saturated carbocycles. The van der Waals surface area contributed by atoms with Gasteiger partial charge in [-0.05, 0) is 20.8 Å². The Bertz CT molecular complexity index is 215. The zero-order valence-corrected chi connectivity index (χ0v) is 7.74. The molecule has 1 atom stereocenters. The van der Waals surface area contributed by atoms with E-state index in [1.54, 1.807) is 11.0 Å². The Morgan fingerprint density at radius 2 is 2.17 bits per heavy atom. The summed E-state index contributed by atoms with van der Waals surface area (Å²) in [6, 6.07) is -0.141. The van der Waals surface area contributed by atoms with Crippen LogP contribution in [0.25, 0.3) is 0 Å². The third-order valence-corrected chi connectivity index (χ3v) is 1.94. The average Bonchev–Trinajstić information content (AvgIpc) is 2.29. The van der Waals surface area contributed by atoms with Crippen molar-refractivity contribution < 1.29 is 9.90 Å². The number of aliphatic hydroxyl groups is 1. The van der Waals surface area contributed by atoms with Crippen LogP contribution in [0.15, 0.2) is 12.2 Å². The molecule has 1 aliphatic rings. The number of carbonyl (C=O) groups is 1. The molecule has 0 bridgehead atoms. The maximum atomic E-state index is 11.3. The topological polar surface area (TPSA) is 40.5 Å². The van der Waals surface area contributed by atoms with Crippen molar-refractivity contribution in [2.45, 2.75) is 32.4 Å². The summed E-state index contributed by atoms with van der Waals surface area (Å²) in [7, 11) is 0. The number of carbonyl (C=O) groups excluding carboxylic acids is 1. The first-order valence-corrected chi connectivity index (χ1v) is 4.09. The molecule has 1 rings (SSSR count). The van der Waals surface area contributed by atoms with Gasteiger partial charge in [0.2, 0.25) is 5.91 Å². The number of amides is 1. The van der Waals surface area contributed by atoms with Crippen LogP contribution in [0, 0.1) is 0 Å². The highest BCUT2D eigenvalue weighted by molar-refractivity contribution is 5.91. The van der Waals surface area contributed by atoms with Crippen LogP contribution in [-0.4, -0.2) is 34.1 Å². The van der Waals surface area contributed by atoms with Crippen molar-refractivity contribution in [1.82, 2.24) is 4.90 Å². The van der Waals surface area contributed by atoms with Crippen LogP contribution in [0.1, 0.15) is 20.8 Å². The summed E-state index contributed by atoms with van der Waals surface area (Å²) in [4.78, 5) is 13.0. The van der Waals surface area contributed by atoms with E-state index in [-0.39, 0.29) is 24.1 Å². The van der Waals surface area contributed by atoms with Gasteiger partial charge in [-0.1, -0.05) is 6.08 Å². The first-order chi connectivity index (χ1) is 5.46. The summed E-state index contributed by atoms with van der Waals surface area (Å²) in [6.45, 7) is 5.88. The van der Waals surface area contributed by atoms with Crippen molar-refractivity contribution in [3.63, 3.8) is 0 Å². The van der Waals surface area contributed by atoms with Gasteiger partial charge in [-0.15, -0.1) is 0 Å². The van der Waals surface area contributed by atoms with Crippen LogP contribution in [0.5, 0.6) is 0 Å². The zero-order valence-electron chi connectivity index (χ0n) is 7.74. The van der Waals surface area contributed by atoms with Crippen LogP contribution in [-0.2, 0) is 4.79 Å². The Balaban J connectivity index is 2.82. The van der Waals surface area contributed by atoms with Crippen molar-refractivity contribution in [2.75, 3.05) is 6.61 Å². The second-order valence-corrected chi connectivity index (χ2v) is 3.99. The van der Waals surface area contributed by atoms with Gasteiger partial charge in [-0.2, -0.15) is 0 Å². The largest absolute Gasteiger partial charge is 0.394 e. The fraction of sp³-hybridized carbons (Fsp3) is 0.667. The molecule has 0 spiro atoms. The molecule has 0 aliphatic carbocycles. The monoisotopic (exact) mass is 169 g/mol. The molecule has 1 heterocycles. The number of hydrogen-bond acceptors (Lipinski definition) is 2. The predicted octanol–water partition coefficient (Wildman–Crippen LogP) is 0.544. The molecule has 1 N–H and O–H groups in total. The first-order valence-electron chi connectivity index (χ1n) is 4.09. The lowest BCUT2D eigenvalue weighted by atomic mass is 10.0. The number of rotatable bonds is 1. The van der Waals surface area contributed by atoms with E-state index in [0.29, 0.717) is 0 Å². The van der Waals surface area contributed by atoms with Crippen molar-refractivity contribution in [1.29, 1.82) is 0 Å². The lowest BCUT2D eigenvalue weighted by Gasteiger charge is -2.36. The maximum Gasteiger partial charge on any atom is 0.247 e. The van der Waals surface area contributed by atoms with Crippen molar-refractivity contribution >= 4 is 5.91 Å². The van der Waals surface area contributed by atoms with Crippen molar-refractivity contribution in [2.24, 2.45) is 0 Å². The van der Waals surface area contributed by atoms with E-state index >= 15 is 0 Å². The normalized spacial score (nSPS) is 23.8. The highest BCUT2D eigenvalue weighted by atomic mass is 16.3. The first kappa shape index (κ1) is 9.26. The van der Waals surface area contributed by atoms with E-state index in [0.717, 1.165) is 0 Å². The van der Waals surface area contributed by atoms with Gasteiger partial charge in [0.1, 0.15) is 0 Å². The zero-order chi connectivity index (χ0) is 9.35. The van der Waals surface area contributed by atoms with Gasteiger partial charge in [0.05, 0.1) is 12.6 Å². The van der Waals surface area contributed by atoms with E-state index in [1.165, 1.54) is 6.08 Å². The third kappa shape index (κ3) is 1.50. The molecular formula is C9H15NO2. The highest BCUT2D eigenvalue weighted by Crippen LogP contribution is 2.22. The molecule has 1 unspecified atom stereocenters. The van der Waals surface area contributed by atoms with Crippen LogP contribution < -0.4 is 0 Å². The van der Waals surface area contributed by atoms with Gasteiger partial charge in [0, 0.05) is 11.6 Å². The Kier molecular flexibility index (Phi) is 2.24.